The molecule has 0 heterocycles. The first kappa shape index (κ1) is 20.8. The molecule has 0 amide bonds. The van der Waals surface area contributed by atoms with Crippen molar-refractivity contribution in [2.24, 2.45) is 0 Å². The Bertz CT molecular complexity index is 1040. The molecule has 0 aliphatic heterocycles. The third kappa shape index (κ3) is 5.31. The summed E-state index contributed by atoms with van der Waals surface area (Å²) in [6, 6.07) is 16.8. The van der Waals surface area contributed by atoms with Crippen LogP contribution < -0.4 is 9.47 Å². The second kappa shape index (κ2) is 9.50. The summed E-state index contributed by atoms with van der Waals surface area (Å²) in [5.41, 5.74) is 2.10. The van der Waals surface area contributed by atoms with E-state index in [0.29, 0.717) is 27.1 Å². The van der Waals surface area contributed by atoms with Gasteiger partial charge in [0.25, 0.3) is 0 Å². The van der Waals surface area contributed by atoms with Crippen molar-refractivity contribution in [1.29, 1.82) is 0 Å². The third-order valence-electron chi connectivity index (χ3n) is 4.18. The van der Waals surface area contributed by atoms with Crippen molar-refractivity contribution in [3.8, 4) is 17.2 Å². The Labute approximate surface area is 178 Å². The molecule has 0 aromatic heterocycles. The molecule has 0 saturated heterocycles. The number of hydrogen-bond donors (Lipinski definition) is 1. The van der Waals surface area contributed by atoms with Crippen molar-refractivity contribution < 1.29 is 19.4 Å². The lowest BCUT2D eigenvalue weighted by atomic mass is 10.1. The number of methoxy groups -OCH3 is 1. The smallest absolute Gasteiger partial charge is 0.185 e. The molecule has 0 aliphatic rings. The number of rotatable bonds is 7. The molecule has 0 atom stereocenters. The van der Waals surface area contributed by atoms with Crippen molar-refractivity contribution in [1.82, 2.24) is 0 Å². The van der Waals surface area contributed by atoms with Gasteiger partial charge in [-0.15, -0.1) is 0 Å². The molecular formula is C23H18Cl2O4. The molecule has 0 spiro atoms. The van der Waals surface area contributed by atoms with Gasteiger partial charge in [-0.3, -0.25) is 4.79 Å². The number of phenolic OH excluding ortho intramolecular Hbond substituents is 1. The van der Waals surface area contributed by atoms with Crippen molar-refractivity contribution in [3.63, 3.8) is 0 Å². The average Bonchev–Trinajstić information content (AvgIpc) is 2.73. The van der Waals surface area contributed by atoms with Crippen LogP contribution in [0.5, 0.6) is 17.2 Å². The zero-order valence-electron chi connectivity index (χ0n) is 15.6. The molecule has 3 aromatic carbocycles. The van der Waals surface area contributed by atoms with Gasteiger partial charge in [-0.05, 0) is 60.2 Å². The van der Waals surface area contributed by atoms with E-state index in [1.807, 2.05) is 18.2 Å². The molecule has 3 aromatic rings. The van der Waals surface area contributed by atoms with Crippen molar-refractivity contribution in [3.05, 3.63) is 93.5 Å². The van der Waals surface area contributed by atoms with E-state index in [9.17, 15) is 9.90 Å². The topological polar surface area (TPSA) is 55.8 Å². The molecule has 0 radical (unpaired) electrons. The SMILES string of the molecule is COc1ccc(/C=C/C(=O)c2ccc(O)cc2)cc1COc1cccc(Cl)c1Cl. The highest BCUT2D eigenvalue weighted by atomic mass is 35.5. The molecule has 29 heavy (non-hydrogen) atoms. The minimum atomic E-state index is -0.163. The van der Waals surface area contributed by atoms with Gasteiger partial charge >= 0.3 is 0 Å². The fraction of sp³-hybridized carbons (Fsp3) is 0.0870. The summed E-state index contributed by atoms with van der Waals surface area (Å²) in [4.78, 5) is 12.3. The monoisotopic (exact) mass is 428 g/mol. The first-order valence-electron chi connectivity index (χ1n) is 8.73. The van der Waals surface area contributed by atoms with Gasteiger partial charge in [0.1, 0.15) is 28.9 Å². The van der Waals surface area contributed by atoms with Gasteiger partial charge in [0, 0.05) is 11.1 Å². The van der Waals surface area contributed by atoms with Crippen molar-refractivity contribution in [2.75, 3.05) is 7.11 Å². The second-order valence-corrected chi connectivity index (χ2v) is 6.94. The number of halogens is 2. The van der Waals surface area contributed by atoms with Gasteiger partial charge in [-0.25, -0.2) is 0 Å². The van der Waals surface area contributed by atoms with E-state index in [1.165, 1.54) is 18.2 Å². The molecule has 0 unspecified atom stereocenters. The van der Waals surface area contributed by atoms with Gasteiger partial charge in [0.05, 0.1) is 12.1 Å². The normalized spacial score (nSPS) is 10.9. The fourth-order valence-corrected chi connectivity index (χ4v) is 3.01. The van der Waals surface area contributed by atoms with E-state index in [2.05, 4.69) is 0 Å². The fourth-order valence-electron chi connectivity index (χ4n) is 2.66. The summed E-state index contributed by atoms with van der Waals surface area (Å²) < 4.78 is 11.2. The number of carbonyl (C=O) groups excluding carboxylic acids is 1. The molecular weight excluding hydrogens is 411 g/mol. The van der Waals surface area contributed by atoms with Crippen LogP contribution in [0, 0.1) is 0 Å². The highest BCUT2D eigenvalue weighted by molar-refractivity contribution is 6.42. The van der Waals surface area contributed by atoms with E-state index in [0.717, 1.165) is 11.1 Å². The quantitative estimate of drug-likeness (QED) is 0.360. The number of ketones is 1. The van der Waals surface area contributed by atoms with Gasteiger partial charge in [0.2, 0.25) is 0 Å². The van der Waals surface area contributed by atoms with Gasteiger partial charge < -0.3 is 14.6 Å². The number of allylic oxidation sites excluding steroid dienone is 1. The minimum Gasteiger partial charge on any atom is -0.508 e. The Morgan fingerprint density at radius 2 is 1.79 bits per heavy atom. The average molecular weight is 429 g/mol. The summed E-state index contributed by atoms with van der Waals surface area (Å²) in [7, 11) is 1.58. The number of hydrogen-bond acceptors (Lipinski definition) is 4. The zero-order chi connectivity index (χ0) is 20.8. The predicted octanol–water partition coefficient (Wildman–Crippen LogP) is 6.18. The third-order valence-corrected chi connectivity index (χ3v) is 4.98. The van der Waals surface area contributed by atoms with Crippen molar-refractivity contribution in [2.45, 2.75) is 6.61 Å². The summed E-state index contributed by atoms with van der Waals surface area (Å²) >= 11 is 12.2. The molecule has 0 bridgehead atoms. The second-order valence-electron chi connectivity index (χ2n) is 6.16. The standard InChI is InChI=1S/C23H18Cl2O4/c1-28-21-12-6-15(5-11-20(27)16-7-9-18(26)10-8-16)13-17(21)14-29-22-4-2-3-19(24)23(22)25/h2-13,26H,14H2,1H3/b11-5+. The Hall–Kier alpha value is -2.95. The van der Waals surface area contributed by atoms with Crippen LogP contribution in [0.1, 0.15) is 21.5 Å². The van der Waals surface area contributed by atoms with Gasteiger partial charge in [-0.2, -0.15) is 0 Å². The molecule has 0 aliphatic carbocycles. The van der Waals surface area contributed by atoms with E-state index in [4.69, 9.17) is 32.7 Å². The molecule has 3 rings (SSSR count). The number of phenols is 1. The van der Waals surface area contributed by atoms with Crippen LogP contribution in [0.2, 0.25) is 10.0 Å². The highest BCUT2D eigenvalue weighted by Gasteiger charge is 2.09. The van der Waals surface area contributed by atoms with Crippen LogP contribution in [0.4, 0.5) is 0 Å². The summed E-state index contributed by atoms with van der Waals surface area (Å²) in [6.07, 6.45) is 3.19. The van der Waals surface area contributed by atoms with Gasteiger partial charge in [-0.1, -0.05) is 41.4 Å². The van der Waals surface area contributed by atoms with Crippen LogP contribution in [-0.4, -0.2) is 18.0 Å². The molecule has 1 N–H and O–H groups in total. The minimum absolute atomic E-state index is 0.116. The van der Waals surface area contributed by atoms with Crippen molar-refractivity contribution >= 4 is 35.1 Å². The maximum Gasteiger partial charge on any atom is 0.185 e. The molecule has 6 heteroatoms. The molecule has 0 fully saturated rings. The highest BCUT2D eigenvalue weighted by Crippen LogP contribution is 2.32. The maximum absolute atomic E-state index is 12.3. The van der Waals surface area contributed by atoms with Gasteiger partial charge in [0.15, 0.2) is 5.78 Å². The van der Waals surface area contributed by atoms with Crippen LogP contribution >= 0.6 is 23.2 Å². The predicted molar refractivity (Wildman–Crippen MR) is 115 cm³/mol. The number of carbonyl (C=O) groups is 1. The summed E-state index contributed by atoms with van der Waals surface area (Å²) in [5, 5.41) is 10.1. The number of aromatic hydroxyl groups is 1. The molecule has 4 nitrogen and oxygen atoms in total. The van der Waals surface area contributed by atoms with E-state index in [-0.39, 0.29) is 18.1 Å². The Morgan fingerprint density at radius 1 is 1.03 bits per heavy atom. The number of benzene rings is 3. The number of ether oxygens (including phenoxy) is 2. The summed E-state index contributed by atoms with van der Waals surface area (Å²) in [6.45, 7) is 0.219. The maximum atomic E-state index is 12.3. The van der Waals surface area contributed by atoms with Crippen LogP contribution in [0.25, 0.3) is 6.08 Å². The van der Waals surface area contributed by atoms with Crippen LogP contribution in [-0.2, 0) is 6.61 Å². The van der Waals surface area contributed by atoms with E-state index >= 15 is 0 Å². The first-order valence-corrected chi connectivity index (χ1v) is 9.48. The van der Waals surface area contributed by atoms with E-state index in [1.54, 1.807) is 43.5 Å². The lowest BCUT2D eigenvalue weighted by Crippen LogP contribution is -2.00. The lowest BCUT2D eigenvalue weighted by molar-refractivity contribution is 0.104. The Balaban J connectivity index is 1.76. The van der Waals surface area contributed by atoms with Crippen LogP contribution in [0.15, 0.2) is 66.7 Å². The van der Waals surface area contributed by atoms with Crippen LogP contribution in [0.3, 0.4) is 0 Å². The Kier molecular flexibility index (Phi) is 6.81. The first-order chi connectivity index (χ1) is 14.0. The zero-order valence-corrected chi connectivity index (χ0v) is 17.1. The molecule has 0 saturated carbocycles. The Morgan fingerprint density at radius 3 is 2.52 bits per heavy atom. The largest absolute Gasteiger partial charge is 0.508 e. The van der Waals surface area contributed by atoms with E-state index < -0.39 is 0 Å². The lowest BCUT2D eigenvalue weighted by Gasteiger charge is -2.12. The molecule has 148 valence electrons. The summed E-state index contributed by atoms with van der Waals surface area (Å²) in [5.74, 6) is 1.09.